The summed E-state index contributed by atoms with van der Waals surface area (Å²) in [6.07, 6.45) is 6.27. The van der Waals surface area contributed by atoms with Crippen LogP contribution in [0.2, 0.25) is 0 Å². The van der Waals surface area contributed by atoms with Crippen molar-refractivity contribution in [2.75, 3.05) is 31.1 Å². The third kappa shape index (κ3) is 4.48. The quantitative estimate of drug-likeness (QED) is 0.635. The van der Waals surface area contributed by atoms with E-state index in [9.17, 15) is 4.79 Å². The molecule has 5 rings (SSSR count). The van der Waals surface area contributed by atoms with E-state index in [1.54, 1.807) is 0 Å². The van der Waals surface area contributed by atoms with Gasteiger partial charge < -0.3 is 14.5 Å². The molecule has 1 amide bonds. The van der Waals surface area contributed by atoms with Gasteiger partial charge in [0.2, 0.25) is 5.88 Å². The van der Waals surface area contributed by atoms with Gasteiger partial charge in [-0.3, -0.25) is 4.79 Å². The lowest BCUT2D eigenvalue weighted by molar-refractivity contribution is 0.0746. The molecule has 0 bridgehead atoms. The number of piperazine rings is 1. The molecule has 6 heteroatoms. The first-order chi connectivity index (χ1) is 15.3. The van der Waals surface area contributed by atoms with Gasteiger partial charge in [-0.05, 0) is 54.7 Å². The van der Waals surface area contributed by atoms with E-state index >= 15 is 0 Å². The van der Waals surface area contributed by atoms with E-state index in [0.29, 0.717) is 19.0 Å². The standard InChI is InChI=1S/C25H28N4O2/c30-25(21-11-10-19-6-4-5-7-20(19)18-21)29-16-14-28(15-17-29)23-12-13-24(27-26-23)31-22-8-2-1-3-9-22/h4-7,10-13,18,22H,1-3,8-9,14-17H2. The average Bonchev–Trinajstić information content (AvgIpc) is 2.84. The molecule has 2 aliphatic rings. The van der Waals surface area contributed by atoms with Crippen LogP contribution in [0.15, 0.2) is 54.6 Å². The number of rotatable bonds is 4. The van der Waals surface area contributed by atoms with Crippen LogP contribution in [0.4, 0.5) is 5.82 Å². The fourth-order valence-corrected chi connectivity index (χ4v) is 4.54. The maximum atomic E-state index is 13.0. The Balaban J connectivity index is 1.18. The number of aromatic nitrogens is 2. The largest absolute Gasteiger partial charge is 0.473 e. The van der Waals surface area contributed by atoms with E-state index in [1.807, 2.05) is 53.4 Å². The molecule has 0 unspecified atom stereocenters. The van der Waals surface area contributed by atoms with Crippen molar-refractivity contribution in [3.05, 3.63) is 60.2 Å². The molecule has 31 heavy (non-hydrogen) atoms. The van der Waals surface area contributed by atoms with Gasteiger partial charge in [0.05, 0.1) is 0 Å². The van der Waals surface area contributed by atoms with Crippen molar-refractivity contribution in [1.29, 1.82) is 0 Å². The first-order valence-corrected chi connectivity index (χ1v) is 11.3. The minimum Gasteiger partial charge on any atom is -0.473 e. The molecule has 0 atom stereocenters. The smallest absolute Gasteiger partial charge is 0.253 e. The molecule has 1 aliphatic heterocycles. The predicted octanol–water partition coefficient (Wildman–Crippen LogP) is 4.30. The van der Waals surface area contributed by atoms with Crippen LogP contribution in [0.1, 0.15) is 42.5 Å². The number of hydrogen-bond acceptors (Lipinski definition) is 5. The van der Waals surface area contributed by atoms with Crippen molar-refractivity contribution in [2.45, 2.75) is 38.2 Å². The molecule has 0 radical (unpaired) electrons. The Labute approximate surface area is 182 Å². The summed E-state index contributed by atoms with van der Waals surface area (Å²) >= 11 is 0. The molecule has 1 saturated heterocycles. The van der Waals surface area contributed by atoms with Gasteiger partial charge in [0.15, 0.2) is 5.82 Å². The molecule has 2 fully saturated rings. The Bertz CT molecular complexity index is 1040. The zero-order chi connectivity index (χ0) is 21.0. The van der Waals surface area contributed by atoms with Crippen LogP contribution < -0.4 is 9.64 Å². The maximum Gasteiger partial charge on any atom is 0.253 e. The Morgan fingerprint density at radius 2 is 1.61 bits per heavy atom. The van der Waals surface area contributed by atoms with Gasteiger partial charge in [-0.2, -0.15) is 0 Å². The highest BCUT2D eigenvalue weighted by molar-refractivity contribution is 5.98. The number of benzene rings is 2. The molecule has 0 spiro atoms. The first-order valence-electron chi connectivity index (χ1n) is 11.3. The topological polar surface area (TPSA) is 58.6 Å². The Hall–Kier alpha value is -3.15. The molecule has 1 saturated carbocycles. The van der Waals surface area contributed by atoms with Crippen LogP contribution in [-0.2, 0) is 0 Å². The number of carbonyl (C=O) groups excluding carboxylic acids is 1. The van der Waals surface area contributed by atoms with Crippen molar-refractivity contribution in [3.63, 3.8) is 0 Å². The number of nitrogens with zero attached hydrogens (tertiary/aromatic N) is 4. The van der Waals surface area contributed by atoms with Crippen molar-refractivity contribution < 1.29 is 9.53 Å². The highest BCUT2D eigenvalue weighted by Crippen LogP contribution is 2.23. The number of anilines is 1. The molecular formula is C25H28N4O2. The second-order valence-electron chi connectivity index (χ2n) is 8.45. The summed E-state index contributed by atoms with van der Waals surface area (Å²) in [5, 5.41) is 10.9. The van der Waals surface area contributed by atoms with E-state index in [2.05, 4.69) is 21.2 Å². The molecule has 1 aromatic heterocycles. The van der Waals surface area contributed by atoms with Crippen LogP contribution in [0.3, 0.4) is 0 Å². The van der Waals surface area contributed by atoms with Crippen LogP contribution in [0.25, 0.3) is 10.8 Å². The van der Waals surface area contributed by atoms with Gasteiger partial charge >= 0.3 is 0 Å². The van der Waals surface area contributed by atoms with E-state index in [0.717, 1.165) is 48.1 Å². The normalized spacial score (nSPS) is 17.7. The minimum atomic E-state index is 0.0905. The predicted molar refractivity (Wildman–Crippen MR) is 122 cm³/mol. The monoisotopic (exact) mass is 416 g/mol. The molecule has 3 aromatic rings. The van der Waals surface area contributed by atoms with Crippen molar-refractivity contribution >= 4 is 22.5 Å². The summed E-state index contributed by atoms with van der Waals surface area (Å²) in [5.41, 5.74) is 0.746. The lowest BCUT2D eigenvalue weighted by Crippen LogP contribution is -2.49. The van der Waals surface area contributed by atoms with Crippen molar-refractivity contribution in [1.82, 2.24) is 15.1 Å². The summed E-state index contributed by atoms with van der Waals surface area (Å²) in [7, 11) is 0. The molecule has 6 nitrogen and oxygen atoms in total. The van der Waals surface area contributed by atoms with Crippen LogP contribution in [0.5, 0.6) is 5.88 Å². The summed E-state index contributed by atoms with van der Waals surface area (Å²) in [5.74, 6) is 1.54. The van der Waals surface area contributed by atoms with Crippen LogP contribution in [0, 0.1) is 0 Å². The fraction of sp³-hybridized carbons (Fsp3) is 0.400. The van der Waals surface area contributed by atoms with E-state index < -0.39 is 0 Å². The number of ether oxygens (including phenoxy) is 1. The van der Waals surface area contributed by atoms with Gasteiger partial charge in [0.25, 0.3) is 5.91 Å². The summed E-state index contributed by atoms with van der Waals surface area (Å²) in [6.45, 7) is 2.84. The van der Waals surface area contributed by atoms with Gasteiger partial charge in [0, 0.05) is 37.8 Å². The van der Waals surface area contributed by atoms with E-state index in [4.69, 9.17) is 4.74 Å². The van der Waals surface area contributed by atoms with Crippen molar-refractivity contribution in [3.8, 4) is 5.88 Å². The zero-order valence-electron chi connectivity index (χ0n) is 17.7. The van der Waals surface area contributed by atoms with Gasteiger partial charge in [-0.1, -0.05) is 36.8 Å². The zero-order valence-corrected chi connectivity index (χ0v) is 17.7. The molecule has 0 N–H and O–H groups in total. The van der Waals surface area contributed by atoms with Gasteiger partial charge in [-0.15, -0.1) is 10.2 Å². The third-order valence-electron chi connectivity index (χ3n) is 6.35. The minimum absolute atomic E-state index is 0.0905. The van der Waals surface area contributed by atoms with Crippen LogP contribution >= 0.6 is 0 Å². The highest BCUT2D eigenvalue weighted by Gasteiger charge is 2.23. The molecular weight excluding hydrogens is 388 g/mol. The molecule has 1 aliphatic carbocycles. The fourth-order valence-electron chi connectivity index (χ4n) is 4.54. The summed E-state index contributed by atoms with van der Waals surface area (Å²) in [4.78, 5) is 17.1. The number of fused-ring (bicyclic) bond motifs is 1. The van der Waals surface area contributed by atoms with Crippen molar-refractivity contribution in [2.24, 2.45) is 0 Å². The van der Waals surface area contributed by atoms with E-state index in [1.165, 1.54) is 19.3 Å². The molecule has 2 aromatic carbocycles. The Morgan fingerprint density at radius 3 is 2.35 bits per heavy atom. The second kappa shape index (κ2) is 8.92. The highest BCUT2D eigenvalue weighted by atomic mass is 16.5. The lowest BCUT2D eigenvalue weighted by atomic mass is 9.98. The maximum absolute atomic E-state index is 13.0. The number of amides is 1. The van der Waals surface area contributed by atoms with E-state index in [-0.39, 0.29) is 12.0 Å². The Kier molecular flexibility index (Phi) is 5.69. The summed E-state index contributed by atoms with van der Waals surface area (Å²) in [6, 6.07) is 18.0. The molecule has 160 valence electrons. The average molecular weight is 417 g/mol. The van der Waals surface area contributed by atoms with Gasteiger partial charge in [0.1, 0.15) is 6.10 Å². The molecule has 2 heterocycles. The number of carbonyl (C=O) groups is 1. The van der Waals surface area contributed by atoms with Crippen LogP contribution in [-0.4, -0.2) is 53.3 Å². The number of hydrogen-bond donors (Lipinski definition) is 0. The van der Waals surface area contributed by atoms with Gasteiger partial charge in [-0.25, -0.2) is 0 Å². The Morgan fingerprint density at radius 1 is 0.839 bits per heavy atom. The second-order valence-corrected chi connectivity index (χ2v) is 8.45. The SMILES string of the molecule is O=C(c1ccc2ccccc2c1)N1CCN(c2ccc(OC3CCCCC3)nn2)CC1. The first kappa shape index (κ1) is 19.8. The summed E-state index contributed by atoms with van der Waals surface area (Å²) < 4.78 is 5.98. The third-order valence-corrected chi connectivity index (χ3v) is 6.35. The lowest BCUT2D eigenvalue weighted by Gasteiger charge is -2.35.